The highest BCUT2D eigenvalue weighted by Crippen LogP contribution is 2.40. The zero-order chi connectivity index (χ0) is 16.2. The molecule has 120 valence electrons. The number of amides is 1. The molecule has 0 unspecified atom stereocenters. The van der Waals surface area contributed by atoms with Crippen LogP contribution in [0.5, 0.6) is 17.2 Å². The summed E-state index contributed by atoms with van der Waals surface area (Å²) >= 11 is 0. The van der Waals surface area contributed by atoms with Crippen LogP contribution in [0.2, 0.25) is 0 Å². The van der Waals surface area contributed by atoms with Gasteiger partial charge in [-0.15, -0.1) is 0 Å². The second kappa shape index (κ2) is 6.56. The van der Waals surface area contributed by atoms with E-state index in [1.165, 1.54) is 7.11 Å². The van der Waals surface area contributed by atoms with E-state index in [2.05, 4.69) is 10.3 Å². The molecule has 23 heavy (non-hydrogen) atoms. The fourth-order valence-electron chi connectivity index (χ4n) is 2.29. The molecule has 0 saturated carbocycles. The van der Waals surface area contributed by atoms with Crippen LogP contribution >= 0.6 is 0 Å². The lowest BCUT2D eigenvalue weighted by Crippen LogP contribution is -2.24. The SMILES string of the molecule is COc1cc(C(=O)NCc2ccc(C)nc2)cc2c1OCCO2. The first-order valence-electron chi connectivity index (χ1n) is 7.35. The number of carbonyl (C=O) groups excluding carboxylic acids is 1. The van der Waals surface area contributed by atoms with Gasteiger partial charge in [0.2, 0.25) is 5.75 Å². The second-order valence-electron chi connectivity index (χ2n) is 5.19. The molecule has 2 heterocycles. The molecule has 0 bridgehead atoms. The smallest absolute Gasteiger partial charge is 0.251 e. The minimum absolute atomic E-state index is 0.208. The summed E-state index contributed by atoms with van der Waals surface area (Å²) in [5.41, 5.74) is 2.34. The molecule has 1 aliphatic rings. The Bertz CT molecular complexity index is 696. The Kier molecular flexibility index (Phi) is 4.32. The molecule has 2 aromatic rings. The third-order valence-corrected chi connectivity index (χ3v) is 3.52. The Hall–Kier alpha value is -2.76. The molecule has 0 saturated heterocycles. The van der Waals surface area contributed by atoms with Crippen LogP contribution in [-0.2, 0) is 6.54 Å². The number of pyridine rings is 1. The lowest BCUT2D eigenvalue weighted by atomic mass is 10.1. The van der Waals surface area contributed by atoms with Gasteiger partial charge in [-0.3, -0.25) is 9.78 Å². The van der Waals surface area contributed by atoms with E-state index in [0.29, 0.717) is 42.6 Å². The Morgan fingerprint density at radius 3 is 2.87 bits per heavy atom. The van der Waals surface area contributed by atoms with E-state index in [1.54, 1.807) is 18.3 Å². The van der Waals surface area contributed by atoms with Crippen molar-refractivity contribution in [3.8, 4) is 17.2 Å². The molecule has 6 nitrogen and oxygen atoms in total. The summed E-state index contributed by atoms with van der Waals surface area (Å²) in [6.45, 7) is 3.25. The van der Waals surface area contributed by atoms with Crippen LogP contribution in [0, 0.1) is 6.92 Å². The fourth-order valence-corrected chi connectivity index (χ4v) is 2.29. The maximum absolute atomic E-state index is 12.4. The van der Waals surface area contributed by atoms with Crippen LogP contribution in [0.1, 0.15) is 21.6 Å². The van der Waals surface area contributed by atoms with Crippen molar-refractivity contribution in [3.05, 3.63) is 47.3 Å². The van der Waals surface area contributed by atoms with E-state index in [4.69, 9.17) is 14.2 Å². The summed E-state index contributed by atoms with van der Waals surface area (Å²) in [4.78, 5) is 16.6. The molecule has 1 N–H and O–H groups in total. The van der Waals surface area contributed by atoms with Crippen LogP contribution in [0.3, 0.4) is 0 Å². The van der Waals surface area contributed by atoms with Gasteiger partial charge in [0.25, 0.3) is 5.91 Å². The van der Waals surface area contributed by atoms with Gasteiger partial charge in [0.05, 0.1) is 7.11 Å². The number of nitrogens with one attached hydrogen (secondary N) is 1. The van der Waals surface area contributed by atoms with Gasteiger partial charge in [-0.2, -0.15) is 0 Å². The predicted octanol–water partition coefficient (Wildman–Crippen LogP) is 2.10. The van der Waals surface area contributed by atoms with Gasteiger partial charge in [0.1, 0.15) is 13.2 Å². The first-order valence-corrected chi connectivity index (χ1v) is 7.35. The first kappa shape index (κ1) is 15.1. The highest BCUT2D eigenvalue weighted by Gasteiger charge is 2.20. The normalized spacial score (nSPS) is 12.6. The molecule has 0 atom stereocenters. The Labute approximate surface area is 134 Å². The van der Waals surface area contributed by atoms with Gasteiger partial charge in [-0.25, -0.2) is 0 Å². The van der Waals surface area contributed by atoms with Gasteiger partial charge in [-0.05, 0) is 30.7 Å². The van der Waals surface area contributed by atoms with Crippen molar-refractivity contribution in [2.24, 2.45) is 0 Å². The molecule has 0 aliphatic carbocycles. The lowest BCUT2D eigenvalue weighted by molar-refractivity contribution is 0.0949. The number of aryl methyl sites for hydroxylation is 1. The van der Waals surface area contributed by atoms with E-state index in [9.17, 15) is 4.79 Å². The minimum Gasteiger partial charge on any atom is -0.493 e. The number of rotatable bonds is 4. The fraction of sp³-hybridized carbons (Fsp3) is 0.294. The number of carbonyl (C=O) groups is 1. The molecule has 3 rings (SSSR count). The van der Waals surface area contributed by atoms with Crippen molar-refractivity contribution >= 4 is 5.91 Å². The van der Waals surface area contributed by atoms with Crippen molar-refractivity contribution in [3.63, 3.8) is 0 Å². The molecule has 1 amide bonds. The van der Waals surface area contributed by atoms with Gasteiger partial charge < -0.3 is 19.5 Å². The molecular weight excluding hydrogens is 296 g/mol. The van der Waals surface area contributed by atoms with Crippen molar-refractivity contribution in [2.45, 2.75) is 13.5 Å². The monoisotopic (exact) mass is 314 g/mol. The van der Waals surface area contributed by atoms with Crippen molar-refractivity contribution < 1.29 is 19.0 Å². The van der Waals surface area contributed by atoms with E-state index < -0.39 is 0 Å². The molecule has 0 fully saturated rings. The number of benzene rings is 1. The minimum atomic E-state index is -0.208. The predicted molar refractivity (Wildman–Crippen MR) is 84.1 cm³/mol. The number of aromatic nitrogens is 1. The summed E-state index contributed by atoms with van der Waals surface area (Å²) in [6, 6.07) is 7.16. The third kappa shape index (κ3) is 3.36. The van der Waals surface area contributed by atoms with Crippen LogP contribution in [0.15, 0.2) is 30.5 Å². The average molecular weight is 314 g/mol. The first-order chi connectivity index (χ1) is 11.2. The topological polar surface area (TPSA) is 69.7 Å². The highest BCUT2D eigenvalue weighted by molar-refractivity contribution is 5.95. The van der Waals surface area contributed by atoms with Crippen molar-refractivity contribution in [1.82, 2.24) is 10.3 Å². The molecule has 1 aromatic heterocycles. The zero-order valence-electron chi connectivity index (χ0n) is 13.1. The zero-order valence-corrected chi connectivity index (χ0v) is 13.1. The van der Waals surface area contributed by atoms with Crippen molar-refractivity contribution in [2.75, 3.05) is 20.3 Å². The average Bonchev–Trinajstić information content (AvgIpc) is 2.60. The van der Waals surface area contributed by atoms with Gasteiger partial charge >= 0.3 is 0 Å². The Morgan fingerprint density at radius 2 is 2.13 bits per heavy atom. The van der Waals surface area contributed by atoms with Gasteiger partial charge in [-0.1, -0.05) is 6.07 Å². The van der Waals surface area contributed by atoms with E-state index in [0.717, 1.165) is 11.3 Å². The largest absolute Gasteiger partial charge is 0.493 e. The number of nitrogens with zero attached hydrogens (tertiary/aromatic N) is 1. The van der Waals surface area contributed by atoms with E-state index in [-0.39, 0.29) is 5.91 Å². The number of ether oxygens (including phenoxy) is 3. The maximum atomic E-state index is 12.4. The summed E-state index contributed by atoms with van der Waals surface area (Å²) in [5.74, 6) is 1.35. The van der Waals surface area contributed by atoms with Crippen molar-refractivity contribution in [1.29, 1.82) is 0 Å². The second-order valence-corrected chi connectivity index (χ2v) is 5.19. The summed E-state index contributed by atoms with van der Waals surface area (Å²) < 4.78 is 16.4. The standard InChI is InChI=1S/C17H18N2O4/c1-11-3-4-12(9-18-11)10-19-17(20)13-7-14(21-2)16-15(8-13)22-5-6-23-16/h3-4,7-9H,5-6,10H2,1-2H3,(H,19,20). The summed E-state index contributed by atoms with van der Waals surface area (Å²) in [7, 11) is 1.53. The Morgan fingerprint density at radius 1 is 1.30 bits per heavy atom. The van der Waals surface area contributed by atoms with Crippen LogP contribution in [0.4, 0.5) is 0 Å². The Balaban J connectivity index is 1.75. The van der Waals surface area contributed by atoms with E-state index >= 15 is 0 Å². The van der Waals surface area contributed by atoms with E-state index in [1.807, 2.05) is 19.1 Å². The molecule has 0 spiro atoms. The van der Waals surface area contributed by atoms with Gasteiger partial charge in [0, 0.05) is 24.0 Å². The molecule has 0 radical (unpaired) electrons. The van der Waals surface area contributed by atoms with Crippen LogP contribution in [-0.4, -0.2) is 31.2 Å². The lowest BCUT2D eigenvalue weighted by Gasteiger charge is -2.21. The van der Waals surface area contributed by atoms with Crippen LogP contribution in [0.25, 0.3) is 0 Å². The quantitative estimate of drug-likeness (QED) is 0.936. The molecule has 1 aromatic carbocycles. The third-order valence-electron chi connectivity index (χ3n) is 3.52. The maximum Gasteiger partial charge on any atom is 0.251 e. The number of hydrogen-bond acceptors (Lipinski definition) is 5. The molecule has 6 heteroatoms. The molecule has 1 aliphatic heterocycles. The number of hydrogen-bond donors (Lipinski definition) is 1. The van der Waals surface area contributed by atoms with Crippen LogP contribution < -0.4 is 19.5 Å². The number of methoxy groups -OCH3 is 1. The van der Waals surface area contributed by atoms with Gasteiger partial charge in [0.15, 0.2) is 11.5 Å². The number of fused-ring (bicyclic) bond motifs is 1. The summed E-state index contributed by atoms with van der Waals surface area (Å²) in [5, 5.41) is 2.86. The molecular formula is C17H18N2O4. The summed E-state index contributed by atoms with van der Waals surface area (Å²) in [6.07, 6.45) is 1.75. The highest BCUT2D eigenvalue weighted by atomic mass is 16.6.